The van der Waals surface area contributed by atoms with Crippen molar-refractivity contribution in [2.45, 2.75) is 6.04 Å². The molecule has 0 aliphatic carbocycles. The molecular formula is C24H22N2O5. The Hall–Kier alpha value is -3.42. The van der Waals surface area contributed by atoms with E-state index in [-0.39, 0.29) is 11.8 Å². The summed E-state index contributed by atoms with van der Waals surface area (Å²) in [5, 5.41) is 13.5. The summed E-state index contributed by atoms with van der Waals surface area (Å²) >= 11 is 0. The predicted octanol–water partition coefficient (Wildman–Crippen LogP) is 3.89. The maximum atomic E-state index is 12.6. The molecule has 1 unspecified atom stereocenters. The number of carbonyl (C=O) groups is 1. The van der Waals surface area contributed by atoms with Crippen molar-refractivity contribution in [1.29, 1.82) is 0 Å². The van der Waals surface area contributed by atoms with Crippen LogP contribution in [0.4, 0.5) is 0 Å². The topological polar surface area (TPSA) is 85.0 Å². The minimum atomic E-state index is -0.509. The van der Waals surface area contributed by atoms with Gasteiger partial charge in [-0.3, -0.25) is 9.88 Å². The van der Waals surface area contributed by atoms with Gasteiger partial charge in [-0.2, -0.15) is 0 Å². The second kappa shape index (κ2) is 8.02. The summed E-state index contributed by atoms with van der Waals surface area (Å²) in [4.78, 5) is 19.0. The van der Waals surface area contributed by atoms with Crippen molar-refractivity contribution in [2.24, 2.45) is 0 Å². The molecule has 1 saturated heterocycles. The van der Waals surface area contributed by atoms with Crippen molar-refractivity contribution in [2.75, 3.05) is 33.4 Å². The molecule has 1 N–H and O–H groups in total. The Labute approximate surface area is 178 Å². The molecule has 2 aromatic carbocycles. The molecule has 0 saturated carbocycles. The van der Waals surface area contributed by atoms with Crippen molar-refractivity contribution >= 4 is 27.7 Å². The number of esters is 1. The Balaban J connectivity index is 1.88. The molecule has 1 atom stereocenters. The Kier molecular flexibility index (Phi) is 5.05. The van der Waals surface area contributed by atoms with Gasteiger partial charge in [0.2, 0.25) is 0 Å². The molecule has 4 aromatic rings. The number of methoxy groups -OCH3 is 1. The van der Waals surface area contributed by atoms with Crippen LogP contribution in [0, 0.1) is 0 Å². The number of ether oxygens (including phenoxy) is 2. The van der Waals surface area contributed by atoms with Crippen LogP contribution in [0.3, 0.4) is 0 Å². The Bertz CT molecular complexity index is 1250. The minimum Gasteiger partial charge on any atom is -0.507 e. The van der Waals surface area contributed by atoms with E-state index in [0.29, 0.717) is 53.8 Å². The zero-order chi connectivity index (χ0) is 21.4. The maximum absolute atomic E-state index is 12.6. The van der Waals surface area contributed by atoms with Crippen LogP contribution in [0.25, 0.3) is 21.7 Å². The van der Waals surface area contributed by atoms with Gasteiger partial charge >= 0.3 is 5.97 Å². The van der Waals surface area contributed by atoms with Crippen LogP contribution in [0.1, 0.15) is 27.5 Å². The highest BCUT2D eigenvalue weighted by molar-refractivity contribution is 6.16. The number of fused-ring (bicyclic) bond motifs is 3. The summed E-state index contributed by atoms with van der Waals surface area (Å²) in [6.45, 7) is 2.56. The SMILES string of the molecule is COC(=O)c1coc2c1c(C(c1ccncc1)N1CCOCC1)c(O)c1ccccc12. The van der Waals surface area contributed by atoms with Crippen LogP contribution >= 0.6 is 0 Å². The highest BCUT2D eigenvalue weighted by atomic mass is 16.5. The average molecular weight is 418 g/mol. The molecular weight excluding hydrogens is 396 g/mol. The molecule has 1 fully saturated rings. The van der Waals surface area contributed by atoms with Gasteiger partial charge in [0.1, 0.15) is 23.2 Å². The summed E-state index contributed by atoms with van der Waals surface area (Å²) in [5.74, 6) is -0.381. The molecule has 0 bridgehead atoms. The van der Waals surface area contributed by atoms with Crippen molar-refractivity contribution in [1.82, 2.24) is 9.88 Å². The molecule has 158 valence electrons. The van der Waals surface area contributed by atoms with E-state index in [4.69, 9.17) is 13.9 Å². The number of hydrogen-bond acceptors (Lipinski definition) is 7. The van der Waals surface area contributed by atoms with E-state index < -0.39 is 5.97 Å². The number of benzene rings is 2. The van der Waals surface area contributed by atoms with Gasteiger partial charge in [0.05, 0.1) is 26.4 Å². The van der Waals surface area contributed by atoms with Crippen molar-refractivity contribution < 1.29 is 23.8 Å². The normalized spacial score (nSPS) is 15.9. The van der Waals surface area contributed by atoms with Crippen molar-refractivity contribution in [3.05, 3.63) is 71.7 Å². The number of carbonyl (C=O) groups excluding carboxylic acids is 1. The fourth-order valence-electron chi connectivity index (χ4n) is 4.44. The second-order valence-corrected chi connectivity index (χ2v) is 7.48. The maximum Gasteiger partial charge on any atom is 0.341 e. The highest BCUT2D eigenvalue weighted by Crippen LogP contribution is 2.46. The third-order valence-electron chi connectivity index (χ3n) is 5.85. The fourth-order valence-corrected chi connectivity index (χ4v) is 4.44. The number of phenolic OH excluding ortho intramolecular Hbond substituents is 1. The van der Waals surface area contributed by atoms with Gasteiger partial charge in [-0.1, -0.05) is 24.3 Å². The van der Waals surface area contributed by atoms with Gasteiger partial charge in [-0.05, 0) is 17.7 Å². The van der Waals surface area contributed by atoms with E-state index in [1.807, 2.05) is 36.4 Å². The lowest BCUT2D eigenvalue weighted by Crippen LogP contribution is -2.39. The molecule has 2 aromatic heterocycles. The number of aromatic hydroxyl groups is 1. The number of morpholine rings is 1. The standard InChI is InChI=1S/C24H22N2O5/c1-29-24(28)18-14-31-23-17-5-3-2-4-16(17)22(27)20(19(18)23)21(15-6-8-25-9-7-15)26-10-12-30-13-11-26/h2-9,14,21,27H,10-13H2,1H3. The number of rotatable bonds is 4. The third kappa shape index (κ3) is 3.22. The summed E-state index contributed by atoms with van der Waals surface area (Å²) in [6.07, 6.45) is 4.87. The molecule has 31 heavy (non-hydrogen) atoms. The second-order valence-electron chi connectivity index (χ2n) is 7.48. The van der Waals surface area contributed by atoms with E-state index in [0.717, 1.165) is 10.9 Å². The van der Waals surface area contributed by atoms with Crippen LogP contribution in [0.5, 0.6) is 5.75 Å². The van der Waals surface area contributed by atoms with E-state index >= 15 is 0 Å². The first kappa shape index (κ1) is 19.5. The van der Waals surface area contributed by atoms with Crippen molar-refractivity contribution in [3.8, 4) is 5.75 Å². The van der Waals surface area contributed by atoms with Crippen LogP contribution in [-0.4, -0.2) is 54.4 Å². The minimum absolute atomic E-state index is 0.128. The number of hydrogen-bond donors (Lipinski definition) is 1. The van der Waals surface area contributed by atoms with Gasteiger partial charge in [0.15, 0.2) is 0 Å². The molecule has 3 heterocycles. The van der Waals surface area contributed by atoms with Crippen LogP contribution in [-0.2, 0) is 9.47 Å². The van der Waals surface area contributed by atoms with Crippen molar-refractivity contribution in [3.63, 3.8) is 0 Å². The molecule has 0 amide bonds. The van der Waals surface area contributed by atoms with Gasteiger partial charge < -0.3 is 19.0 Å². The predicted molar refractivity (Wildman–Crippen MR) is 115 cm³/mol. The van der Waals surface area contributed by atoms with E-state index in [2.05, 4.69) is 9.88 Å². The summed E-state index contributed by atoms with van der Waals surface area (Å²) < 4.78 is 16.5. The first-order valence-electron chi connectivity index (χ1n) is 10.2. The van der Waals surface area contributed by atoms with Crippen LogP contribution < -0.4 is 0 Å². The van der Waals surface area contributed by atoms with E-state index in [9.17, 15) is 9.90 Å². The number of phenols is 1. The Morgan fingerprint density at radius 1 is 1.13 bits per heavy atom. The molecule has 5 rings (SSSR count). The zero-order valence-electron chi connectivity index (χ0n) is 17.1. The summed E-state index contributed by atoms with van der Waals surface area (Å²) in [7, 11) is 1.34. The average Bonchev–Trinajstić information content (AvgIpc) is 3.27. The lowest BCUT2D eigenvalue weighted by atomic mass is 9.89. The first-order valence-corrected chi connectivity index (χ1v) is 10.2. The van der Waals surface area contributed by atoms with Gasteiger partial charge in [-0.25, -0.2) is 4.79 Å². The molecule has 1 aliphatic heterocycles. The van der Waals surface area contributed by atoms with Gasteiger partial charge in [0.25, 0.3) is 0 Å². The Morgan fingerprint density at radius 3 is 2.55 bits per heavy atom. The number of furan rings is 1. The number of nitrogens with zero attached hydrogens (tertiary/aromatic N) is 2. The molecule has 7 heteroatoms. The first-order chi connectivity index (χ1) is 15.2. The third-order valence-corrected chi connectivity index (χ3v) is 5.85. The van der Waals surface area contributed by atoms with Gasteiger partial charge in [0, 0.05) is 47.2 Å². The van der Waals surface area contributed by atoms with Gasteiger partial charge in [-0.15, -0.1) is 0 Å². The summed E-state index contributed by atoms with van der Waals surface area (Å²) in [6, 6.07) is 11.0. The zero-order valence-corrected chi connectivity index (χ0v) is 17.1. The highest BCUT2D eigenvalue weighted by Gasteiger charge is 2.33. The molecule has 7 nitrogen and oxygen atoms in total. The smallest absolute Gasteiger partial charge is 0.341 e. The summed E-state index contributed by atoms with van der Waals surface area (Å²) in [5.41, 5.74) is 2.42. The van der Waals surface area contributed by atoms with E-state index in [1.165, 1.54) is 13.4 Å². The number of aromatic nitrogens is 1. The largest absolute Gasteiger partial charge is 0.507 e. The molecule has 0 radical (unpaired) electrons. The lowest BCUT2D eigenvalue weighted by molar-refractivity contribution is 0.0238. The van der Waals surface area contributed by atoms with E-state index in [1.54, 1.807) is 12.4 Å². The number of pyridine rings is 1. The monoisotopic (exact) mass is 418 g/mol. The molecule has 0 spiro atoms. The lowest BCUT2D eigenvalue weighted by Gasteiger charge is -2.36. The van der Waals surface area contributed by atoms with Crippen LogP contribution in [0.2, 0.25) is 0 Å². The molecule has 1 aliphatic rings. The fraction of sp³-hybridized carbons (Fsp3) is 0.250. The quantitative estimate of drug-likeness (QED) is 0.503. The Morgan fingerprint density at radius 2 is 1.84 bits per heavy atom. The van der Waals surface area contributed by atoms with Crippen LogP contribution in [0.15, 0.2) is 59.5 Å².